The van der Waals surface area contributed by atoms with Gasteiger partial charge in [0.2, 0.25) is 0 Å². The van der Waals surface area contributed by atoms with Gasteiger partial charge in [0.05, 0.1) is 10.1 Å². The zero-order valence-corrected chi connectivity index (χ0v) is 11.8. The van der Waals surface area contributed by atoms with Crippen molar-refractivity contribution in [2.45, 2.75) is 36.5 Å². The summed E-state index contributed by atoms with van der Waals surface area (Å²) in [5.41, 5.74) is 5.79. The van der Waals surface area contributed by atoms with Gasteiger partial charge in [0, 0.05) is 10.5 Å². The second-order valence-corrected chi connectivity index (χ2v) is 7.00. The lowest BCUT2D eigenvalue weighted by Crippen LogP contribution is -2.37. The van der Waals surface area contributed by atoms with Crippen LogP contribution in [-0.2, 0) is 9.84 Å². The first-order chi connectivity index (χ1) is 7.39. The third kappa shape index (κ3) is 2.84. The molecule has 0 heterocycles. The van der Waals surface area contributed by atoms with Gasteiger partial charge < -0.3 is 5.73 Å². The van der Waals surface area contributed by atoms with Gasteiger partial charge >= 0.3 is 0 Å². The maximum Gasteiger partial charge on any atom is 0.182 e. The summed E-state index contributed by atoms with van der Waals surface area (Å²) in [6.07, 6.45) is 0.647. The van der Waals surface area contributed by atoms with E-state index in [-0.39, 0.29) is 6.04 Å². The van der Waals surface area contributed by atoms with Crippen molar-refractivity contribution in [2.75, 3.05) is 0 Å². The molecule has 90 valence electrons. The third-order valence-corrected chi connectivity index (χ3v) is 5.42. The Morgan fingerprint density at radius 1 is 1.44 bits per heavy atom. The van der Waals surface area contributed by atoms with Crippen LogP contribution >= 0.6 is 15.9 Å². The summed E-state index contributed by atoms with van der Waals surface area (Å²) < 4.78 is 25.1. The number of halogens is 1. The van der Waals surface area contributed by atoms with Gasteiger partial charge in [-0.2, -0.15) is 0 Å². The van der Waals surface area contributed by atoms with Crippen molar-refractivity contribution in [3.05, 3.63) is 28.7 Å². The lowest BCUT2D eigenvalue weighted by molar-refractivity contribution is 0.552. The van der Waals surface area contributed by atoms with Crippen LogP contribution in [0.2, 0.25) is 0 Å². The van der Waals surface area contributed by atoms with E-state index in [0.717, 1.165) is 4.47 Å². The van der Waals surface area contributed by atoms with Crippen LogP contribution < -0.4 is 5.73 Å². The quantitative estimate of drug-likeness (QED) is 0.929. The molecule has 0 spiro atoms. The minimum atomic E-state index is -3.33. The summed E-state index contributed by atoms with van der Waals surface area (Å²) in [6.45, 7) is 3.54. The van der Waals surface area contributed by atoms with Crippen molar-refractivity contribution < 1.29 is 8.42 Å². The molecule has 0 aliphatic rings. The molecular weight excluding hydrogens is 290 g/mol. The second-order valence-electron chi connectivity index (χ2n) is 3.78. The van der Waals surface area contributed by atoms with E-state index in [1.807, 2.05) is 6.92 Å². The van der Waals surface area contributed by atoms with Gasteiger partial charge in [-0.05, 0) is 31.5 Å². The maximum absolute atomic E-state index is 12.2. The van der Waals surface area contributed by atoms with Crippen molar-refractivity contribution in [1.82, 2.24) is 0 Å². The number of nitrogens with two attached hydrogens (primary N) is 1. The third-order valence-electron chi connectivity index (χ3n) is 2.69. The van der Waals surface area contributed by atoms with Crippen molar-refractivity contribution in [2.24, 2.45) is 5.73 Å². The highest BCUT2D eigenvalue weighted by Crippen LogP contribution is 2.21. The fourth-order valence-electron chi connectivity index (χ4n) is 1.42. The summed E-state index contributed by atoms with van der Waals surface area (Å²) in [4.78, 5) is 0.318. The zero-order valence-electron chi connectivity index (χ0n) is 9.35. The van der Waals surface area contributed by atoms with Crippen molar-refractivity contribution in [1.29, 1.82) is 0 Å². The molecule has 0 amide bonds. The molecule has 1 rings (SSSR count). The molecule has 0 saturated heterocycles. The SMILES string of the molecule is CCC(N)C(C)S(=O)(=O)c1cccc(Br)c1. The number of rotatable bonds is 4. The van der Waals surface area contributed by atoms with Gasteiger partial charge in [0.1, 0.15) is 0 Å². The maximum atomic E-state index is 12.2. The Kier molecular flexibility index (Phi) is 4.52. The van der Waals surface area contributed by atoms with Gasteiger partial charge in [-0.25, -0.2) is 8.42 Å². The Labute approximate surface area is 105 Å². The molecule has 16 heavy (non-hydrogen) atoms. The molecule has 3 nitrogen and oxygen atoms in total. The average Bonchev–Trinajstić information content (AvgIpc) is 2.27. The Hall–Kier alpha value is -0.390. The number of sulfone groups is 1. The van der Waals surface area contributed by atoms with E-state index in [4.69, 9.17) is 5.73 Å². The minimum absolute atomic E-state index is 0.318. The summed E-state index contributed by atoms with van der Waals surface area (Å²) in [5.74, 6) is 0. The fraction of sp³-hybridized carbons (Fsp3) is 0.455. The van der Waals surface area contributed by atoms with Gasteiger partial charge in [0.25, 0.3) is 0 Å². The van der Waals surface area contributed by atoms with Gasteiger partial charge in [-0.3, -0.25) is 0 Å². The first-order valence-electron chi connectivity index (χ1n) is 5.14. The van der Waals surface area contributed by atoms with Crippen LogP contribution in [0.1, 0.15) is 20.3 Å². The highest BCUT2D eigenvalue weighted by atomic mass is 79.9. The van der Waals surface area contributed by atoms with Crippen LogP contribution in [0.25, 0.3) is 0 Å². The molecule has 0 radical (unpaired) electrons. The normalized spacial score (nSPS) is 15.8. The predicted molar refractivity (Wildman–Crippen MR) is 69.1 cm³/mol. The van der Waals surface area contributed by atoms with E-state index in [9.17, 15) is 8.42 Å². The highest BCUT2D eigenvalue weighted by Gasteiger charge is 2.27. The summed E-state index contributed by atoms with van der Waals surface area (Å²) >= 11 is 3.26. The monoisotopic (exact) mass is 305 g/mol. The second kappa shape index (κ2) is 5.29. The van der Waals surface area contributed by atoms with Crippen LogP contribution in [0.15, 0.2) is 33.6 Å². The molecule has 1 aromatic rings. The van der Waals surface area contributed by atoms with Gasteiger partial charge in [-0.1, -0.05) is 28.9 Å². The fourth-order valence-corrected chi connectivity index (χ4v) is 3.61. The molecule has 1 aromatic carbocycles. The Balaban J connectivity index is 3.12. The molecule has 2 N–H and O–H groups in total. The van der Waals surface area contributed by atoms with Crippen LogP contribution in [0, 0.1) is 0 Å². The van der Waals surface area contributed by atoms with E-state index < -0.39 is 15.1 Å². The van der Waals surface area contributed by atoms with Crippen molar-refractivity contribution in [3.63, 3.8) is 0 Å². The molecule has 0 aromatic heterocycles. The summed E-state index contributed by atoms with van der Waals surface area (Å²) in [6, 6.07) is 6.38. The van der Waals surface area contributed by atoms with Crippen LogP contribution in [0.3, 0.4) is 0 Å². The number of benzene rings is 1. The standard InChI is InChI=1S/C11H16BrNO2S/c1-3-11(13)8(2)16(14,15)10-6-4-5-9(12)7-10/h4-8,11H,3,13H2,1-2H3. The van der Waals surface area contributed by atoms with Crippen LogP contribution in [0.4, 0.5) is 0 Å². The minimum Gasteiger partial charge on any atom is -0.327 e. The van der Waals surface area contributed by atoms with Crippen LogP contribution in [-0.4, -0.2) is 19.7 Å². The largest absolute Gasteiger partial charge is 0.327 e. The van der Waals surface area contributed by atoms with Gasteiger partial charge in [-0.15, -0.1) is 0 Å². The molecule has 5 heteroatoms. The molecule has 0 saturated carbocycles. The molecule has 2 atom stereocenters. The van der Waals surface area contributed by atoms with Crippen molar-refractivity contribution in [3.8, 4) is 0 Å². The summed E-state index contributed by atoms with van der Waals surface area (Å²) in [7, 11) is -3.33. The lowest BCUT2D eigenvalue weighted by atomic mass is 10.2. The first kappa shape index (κ1) is 13.7. The predicted octanol–water partition coefficient (Wildman–Crippen LogP) is 2.35. The van der Waals surface area contributed by atoms with E-state index in [1.54, 1.807) is 31.2 Å². The van der Waals surface area contributed by atoms with Crippen molar-refractivity contribution >= 4 is 25.8 Å². The average molecular weight is 306 g/mol. The molecular formula is C11H16BrNO2S. The summed E-state index contributed by atoms with van der Waals surface area (Å²) in [5, 5.41) is -0.563. The van der Waals surface area contributed by atoms with Gasteiger partial charge in [0.15, 0.2) is 9.84 Å². The van der Waals surface area contributed by atoms with E-state index >= 15 is 0 Å². The Bertz CT molecular complexity index is 459. The molecule has 0 aliphatic carbocycles. The topological polar surface area (TPSA) is 60.2 Å². The zero-order chi connectivity index (χ0) is 12.3. The van der Waals surface area contributed by atoms with E-state index in [1.165, 1.54) is 0 Å². The van der Waals surface area contributed by atoms with E-state index in [2.05, 4.69) is 15.9 Å². The smallest absolute Gasteiger partial charge is 0.182 e. The molecule has 0 bridgehead atoms. The Morgan fingerprint density at radius 3 is 2.56 bits per heavy atom. The molecule has 0 fully saturated rings. The number of hydrogen-bond acceptors (Lipinski definition) is 3. The number of hydrogen-bond donors (Lipinski definition) is 1. The Morgan fingerprint density at radius 2 is 2.06 bits per heavy atom. The molecule has 0 aliphatic heterocycles. The highest BCUT2D eigenvalue weighted by molar-refractivity contribution is 9.10. The van der Waals surface area contributed by atoms with E-state index in [0.29, 0.717) is 11.3 Å². The lowest BCUT2D eigenvalue weighted by Gasteiger charge is -2.18. The first-order valence-corrected chi connectivity index (χ1v) is 7.48. The van der Waals surface area contributed by atoms with Crippen LogP contribution in [0.5, 0.6) is 0 Å². The molecule has 2 unspecified atom stereocenters.